The van der Waals surface area contributed by atoms with Gasteiger partial charge >= 0.3 is 0 Å². The van der Waals surface area contributed by atoms with Crippen molar-refractivity contribution in [3.05, 3.63) is 24.2 Å². The fraction of sp³-hybridized carbons (Fsp3) is 0.583. The predicted octanol–water partition coefficient (Wildman–Crippen LogP) is 2.07. The number of carbonyl (C=O) groups is 1. The summed E-state index contributed by atoms with van der Waals surface area (Å²) in [5, 5.41) is 2.85. The summed E-state index contributed by atoms with van der Waals surface area (Å²) in [6.45, 7) is 5.49. The van der Waals surface area contributed by atoms with E-state index < -0.39 is 0 Å². The first-order chi connectivity index (χ1) is 7.55. The number of hydrogen-bond donors (Lipinski definition) is 1. The molecular weight excluding hydrogens is 206 g/mol. The second-order valence-electron chi connectivity index (χ2n) is 4.57. The van der Waals surface area contributed by atoms with Gasteiger partial charge in [0.1, 0.15) is 0 Å². The summed E-state index contributed by atoms with van der Waals surface area (Å²) in [7, 11) is 1.68. The number of furan rings is 1. The molecule has 0 aliphatic heterocycles. The van der Waals surface area contributed by atoms with Crippen molar-refractivity contribution in [2.45, 2.75) is 20.3 Å². The molecule has 0 bridgehead atoms. The molecule has 4 heteroatoms. The van der Waals surface area contributed by atoms with Crippen LogP contribution >= 0.6 is 0 Å². The molecule has 1 amide bonds. The molecule has 1 rings (SSSR count). The minimum atomic E-state index is -0.171. The Labute approximate surface area is 96.0 Å². The average molecular weight is 225 g/mol. The molecule has 1 heterocycles. The third kappa shape index (κ3) is 4.06. The highest BCUT2D eigenvalue weighted by Gasteiger charge is 2.19. The van der Waals surface area contributed by atoms with Gasteiger partial charge in [-0.2, -0.15) is 0 Å². The standard InChI is InChI=1S/C12H19NO3/c1-12(2,6-8-15-3)9-13-11(14)10-5-4-7-16-10/h4-5,7H,6,8-9H2,1-3H3,(H,13,14). The summed E-state index contributed by atoms with van der Waals surface area (Å²) in [5.41, 5.74) is 0.0261. The summed E-state index contributed by atoms with van der Waals surface area (Å²) in [4.78, 5) is 11.6. The molecule has 1 aromatic rings. The van der Waals surface area contributed by atoms with E-state index in [1.807, 2.05) is 0 Å². The fourth-order valence-electron chi connectivity index (χ4n) is 1.28. The Bertz CT molecular complexity index is 317. The predicted molar refractivity (Wildman–Crippen MR) is 61.3 cm³/mol. The number of amides is 1. The molecule has 16 heavy (non-hydrogen) atoms. The zero-order valence-electron chi connectivity index (χ0n) is 10.1. The van der Waals surface area contributed by atoms with Gasteiger partial charge in [-0.05, 0) is 24.0 Å². The number of methoxy groups -OCH3 is 1. The first-order valence-electron chi connectivity index (χ1n) is 5.36. The maximum Gasteiger partial charge on any atom is 0.286 e. The van der Waals surface area contributed by atoms with E-state index in [9.17, 15) is 4.79 Å². The number of carbonyl (C=O) groups excluding carboxylic acids is 1. The lowest BCUT2D eigenvalue weighted by atomic mass is 9.90. The van der Waals surface area contributed by atoms with Crippen molar-refractivity contribution in [1.29, 1.82) is 0 Å². The highest BCUT2D eigenvalue weighted by Crippen LogP contribution is 2.18. The molecule has 1 aromatic heterocycles. The molecule has 0 aromatic carbocycles. The molecule has 0 fully saturated rings. The third-order valence-corrected chi connectivity index (χ3v) is 2.46. The summed E-state index contributed by atoms with van der Waals surface area (Å²) < 4.78 is 10.0. The molecule has 0 unspecified atom stereocenters. The van der Waals surface area contributed by atoms with Crippen LogP contribution in [-0.2, 0) is 4.74 Å². The van der Waals surface area contributed by atoms with Crippen molar-refractivity contribution >= 4 is 5.91 Å². The molecule has 0 aliphatic carbocycles. The Balaban J connectivity index is 2.36. The number of rotatable bonds is 6. The van der Waals surface area contributed by atoms with Crippen LogP contribution in [0.15, 0.2) is 22.8 Å². The van der Waals surface area contributed by atoms with Gasteiger partial charge in [-0.25, -0.2) is 0 Å². The Morgan fingerprint density at radius 3 is 2.88 bits per heavy atom. The minimum Gasteiger partial charge on any atom is -0.459 e. The van der Waals surface area contributed by atoms with Gasteiger partial charge in [0.2, 0.25) is 0 Å². The second-order valence-corrected chi connectivity index (χ2v) is 4.57. The first kappa shape index (κ1) is 12.8. The molecular formula is C12H19NO3. The summed E-state index contributed by atoms with van der Waals surface area (Å²) in [5.74, 6) is 0.179. The Hall–Kier alpha value is -1.29. The van der Waals surface area contributed by atoms with Crippen molar-refractivity contribution in [3.8, 4) is 0 Å². The van der Waals surface area contributed by atoms with Crippen LogP contribution in [0.3, 0.4) is 0 Å². The Kier molecular flexibility index (Phi) is 4.55. The van der Waals surface area contributed by atoms with E-state index in [1.165, 1.54) is 6.26 Å². The van der Waals surface area contributed by atoms with Crippen LogP contribution in [0.2, 0.25) is 0 Å². The van der Waals surface area contributed by atoms with Gasteiger partial charge in [-0.3, -0.25) is 4.79 Å². The monoisotopic (exact) mass is 225 g/mol. The van der Waals surface area contributed by atoms with Crippen LogP contribution < -0.4 is 5.32 Å². The number of ether oxygens (including phenoxy) is 1. The second kappa shape index (κ2) is 5.70. The van der Waals surface area contributed by atoms with Crippen LogP contribution in [0.5, 0.6) is 0 Å². The van der Waals surface area contributed by atoms with E-state index in [0.717, 1.165) is 6.42 Å². The van der Waals surface area contributed by atoms with Crippen molar-refractivity contribution < 1.29 is 13.9 Å². The molecule has 90 valence electrons. The van der Waals surface area contributed by atoms with Crippen molar-refractivity contribution in [3.63, 3.8) is 0 Å². The lowest BCUT2D eigenvalue weighted by Gasteiger charge is -2.24. The van der Waals surface area contributed by atoms with Gasteiger partial charge < -0.3 is 14.5 Å². The van der Waals surface area contributed by atoms with Gasteiger partial charge in [-0.1, -0.05) is 13.8 Å². The molecule has 0 aliphatic rings. The smallest absolute Gasteiger partial charge is 0.286 e. The lowest BCUT2D eigenvalue weighted by molar-refractivity contribution is 0.0893. The van der Waals surface area contributed by atoms with E-state index in [4.69, 9.17) is 9.15 Å². The van der Waals surface area contributed by atoms with Crippen molar-refractivity contribution in [2.75, 3.05) is 20.3 Å². The summed E-state index contributed by atoms with van der Waals surface area (Å²) in [6, 6.07) is 3.35. The summed E-state index contributed by atoms with van der Waals surface area (Å²) in [6.07, 6.45) is 2.40. The number of hydrogen-bond acceptors (Lipinski definition) is 3. The van der Waals surface area contributed by atoms with Gasteiger partial charge in [-0.15, -0.1) is 0 Å². The van der Waals surface area contributed by atoms with Gasteiger partial charge in [0.25, 0.3) is 5.91 Å². The zero-order valence-corrected chi connectivity index (χ0v) is 10.1. The highest BCUT2D eigenvalue weighted by atomic mass is 16.5. The van der Waals surface area contributed by atoms with Crippen molar-refractivity contribution in [2.24, 2.45) is 5.41 Å². The maximum absolute atomic E-state index is 11.6. The average Bonchev–Trinajstić information content (AvgIpc) is 2.77. The lowest BCUT2D eigenvalue weighted by Crippen LogP contribution is -2.34. The van der Waals surface area contributed by atoms with E-state index in [2.05, 4.69) is 19.2 Å². The largest absolute Gasteiger partial charge is 0.459 e. The molecule has 0 radical (unpaired) electrons. The Morgan fingerprint density at radius 1 is 1.56 bits per heavy atom. The SMILES string of the molecule is COCCC(C)(C)CNC(=O)c1ccco1. The fourth-order valence-corrected chi connectivity index (χ4v) is 1.28. The van der Waals surface area contributed by atoms with Crippen LogP contribution in [-0.4, -0.2) is 26.2 Å². The molecule has 4 nitrogen and oxygen atoms in total. The van der Waals surface area contributed by atoms with Gasteiger partial charge in [0, 0.05) is 20.3 Å². The molecule has 0 spiro atoms. The van der Waals surface area contributed by atoms with Crippen LogP contribution in [0.1, 0.15) is 30.8 Å². The third-order valence-electron chi connectivity index (χ3n) is 2.46. The quantitative estimate of drug-likeness (QED) is 0.806. The number of nitrogens with one attached hydrogen (secondary N) is 1. The van der Waals surface area contributed by atoms with Crippen molar-refractivity contribution in [1.82, 2.24) is 5.32 Å². The molecule has 0 atom stereocenters. The van der Waals surface area contributed by atoms with Crippen LogP contribution in [0.4, 0.5) is 0 Å². The van der Waals surface area contributed by atoms with E-state index in [0.29, 0.717) is 18.9 Å². The van der Waals surface area contributed by atoms with E-state index in [1.54, 1.807) is 19.2 Å². The van der Waals surface area contributed by atoms with Crippen LogP contribution in [0.25, 0.3) is 0 Å². The van der Waals surface area contributed by atoms with E-state index in [-0.39, 0.29) is 11.3 Å². The molecule has 0 saturated carbocycles. The summed E-state index contributed by atoms with van der Waals surface area (Å²) >= 11 is 0. The normalized spacial score (nSPS) is 11.4. The highest BCUT2D eigenvalue weighted by molar-refractivity contribution is 5.91. The minimum absolute atomic E-state index is 0.0261. The van der Waals surface area contributed by atoms with E-state index >= 15 is 0 Å². The Morgan fingerprint density at radius 2 is 2.31 bits per heavy atom. The molecule has 1 N–H and O–H groups in total. The van der Waals surface area contributed by atoms with Gasteiger partial charge in [0.15, 0.2) is 5.76 Å². The zero-order chi connectivity index (χ0) is 12.0. The van der Waals surface area contributed by atoms with Crippen LogP contribution in [0, 0.1) is 5.41 Å². The first-order valence-corrected chi connectivity index (χ1v) is 5.36. The maximum atomic E-state index is 11.6. The molecule has 0 saturated heterocycles. The topological polar surface area (TPSA) is 51.5 Å². The van der Waals surface area contributed by atoms with Gasteiger partial charge in [0.05, 0.1) is 6.26 Å².